The molecule has 0 aliphatic heterocycles. The number of methoxy groups -OCH3 is 1. The van der Waals surface area contributed by atoms with Crippen molar-refractivity contribution in [2.24, 2.45) is 5.73 Å². The van der Waals surface area contributed by atoms with Crippen LogP contribution < -0.4 is 15.2 Å². The molecule has 0 spiro atoms. The van der Waals surface area contributed by atoms with Gasteiger partial charge in [0, 0.05) is 6.20 Å². The second kappa shape index (κ2) is 6.06. The molecular weight excluding hydrogens is 254 g/mol. The van der Waals surface area contributed by atoms with Gasteiger partial charge < -0.3 is 15.2 Å². The minimum absolute atomic E-state index is 0.134. The van der Waals surface area contributed by atoms with Gasteiger partial charge in [-0.25, -0.2) is 4.98 Å². The maximum absolute atomic E-state index is 7.51. The molecular formula is C15H17N3O2. The quantitative estimate of drug-likeness (QED) is 0.647. The van der Waals surface area contributed by atoms with E-state index in [2.05, 4.69) is 11.9 Å². The van der Waals surface area contributed by atoms with E-state index < -0.39 is 0 Å². The van der Waals surface area contributed by atoms with Crippen LogP contribution in [0.1, 0.15) is 18.2 Å². The zero-order valence-corrected chi connectivity index (χ0v) is 11.5. The molecule has 1 heterocycles. The molecule has 0 aliphatic rings. The number of benzene rings is 1. The van der Waals surface area contributed by atoms with E-state index in [9.17, 15) is 0 Å². The smallest absolute Gasteiger partial charge is 0.169 e. The van der Waals surface area contributed by atoms with Crippen LogP contribution >= 0.6 is 0 Å². The van der Waals surface area contributed by atoms with Gasteiger partial charge in [-0.2, -0.15) is 0 Å². The number of nitrogen functional groups attached to an aromatic ring is 1. The molecule has 3 N–H and O–H groups in total. The average molecular weight is 271 g/mol. The van der Waals surface area contributed by atoms with Gasteiger partial charge >= 0.3 is 0 Å². The lowest BCUT2D eigenvalue weighted by molar-refractivity contribution is 0.377. The molecule has 0 saturated heterocycles. The van der Waals surface area contributed by atoms with Gasteiger partial charge in [0.05, 0.1) is 7.11 Å². The number of aromatic nitrogens is 1. The Morgan fingerprint density at radius 3 is 2.70 bits per heavy atom. The van der Waals surface area contributed by atoms with Gasteiger partial charge in [-0.1, -0.05) is 13.0 Å². The Labute approximate surface area is 117 Å². The number of rotatable bonds is 5. The average Bonchev–Trinajstić information content (AvgIpc) is 2.48. The van der Waals surface area contributed by atoms with Crippen LogP contribution in [0.2, 0.25) is 0 Å². The number of ether oxygens (including phenoxy) is 2. The van der Waals surface area contributed by atoms with Crippen molar-refractivity contribution in [1.29, 1.82) is 5.41 Å². The van der Waals surface area contributed by atoms with E-state index in [0.29, 0.717) is 22.9 Å². The highest BCUT2D eigenvalue weighted by Crippen LogP contribution is 2.33. The fourth-order valence-electron chi connectivity index (χ4n) is 1.81. The minimum atomic E-state index is -0.134. The summed E-state index contributed by atoms with van der Waals surface area (Å²) < 4.78 is 11.1. The molecule has 1 aromatic heterocycles. The topological polar surface area (TPSA) is 81.2 Å². The molecule has 2 rings (SSSR count). The van der Waals surface area contributed by atoms with Crippen LogP contribution in [0.4, 0.5) is 0 Å². The Morgan fingerprint density at radius 2 is 2.05 bits per heavy atom. The van der Waals surface area contributed by atoms with E-state index >= 15 is 0 Å². The molecule has 104 valence electrons. The summed E-state index contributed by atoms with van der Waals surface area (Å²) in [7, 11) is 1.59. The van der Waals surface area contributed by atoms with Crippen molar-refractivity contribution in [1.82, 2.24) is 4.98 Å². The predicted octanol–water partition coefficient (Wildman–Crippen LogP) is 2.73. The van der Waals surface area contributed by atoms with Crippen LogP contribution in [0, 0.1) is 5.41 Å². The van der Waals surface area contributed by atoms with Crippen molar-refractivity contribution in [3.8, 4) is 17.2 Å². The first-order valence-corrected chi connectivity index (χ1v) is 6.30. The van der Waals surface area contributed by atoms with E-state index in [1.807, 2.05) is 18.2 Å². The van der Waals surface area contributed by atoms with Gasteiger partial charge in [0.2, 0.25) is 0 Å². The van der Waals surface area contributed by atoms with Crippen molar-refractivity contribution in [2.75, 3.05) is 7.11 Å². The lowest BCUT2D eigenvalue weighted by Crippen LogP contribution is -2.14. The van der Waals surface area contributed by atoms with Crippen LogP contribution in [-0.2, 0) is 6.42 Å². The molecule has 0 radical (unpaired) electrons. The molecule has 0 amide bonds. The molecule has 0 bridgehead atoms. The molecule has 20 heavy (non-hydrogen) atoms. The largest absolute Gasteiger partial charge is 0.493 e. The van der Waals surface area contributed by atoms with Crippen LogP contribution in [0.25, 0.3) is 0 Å². The number of nitrogens with two attached hydrogens (primary N) is 1. The summed E-state index contributed by atoms with van der Waals surface area (Å²) >= 11 is 0. The second-order valence-corrected chi connectivity index (χ2v) is 4.20. The fraction of sp³-hybridized carbons (Fsp3) is 0.200. The van der Waals surface area contributed by atoms with E-state index in [1.165, 1.54) is 0 Å². The van der Waals surface area contributed by atoms with E-state index in [1.54, 1.807) is 25.4 Å². The molecule has 0 fully saturated rings. The van der Waals surface area contributed by atoms with Crippen LogP contribution in [0.15, 0.2) is 36.5 Å². The molecule has 0 atom stereocenters. The first kappa shape index (κ1) is 13.9. The highest BCUT2D eigenvalue weighted by atomic mass is 16.5. The van der Waals surface area contributed by atoms with Crippen LogP contribution in [-0.4, -0.2) is 17.9 Å². The number of amidine groups is 1. The van der Waals surface area contributed by atoms with Gasteiger partial charge in [-0.3, -0.25) is 5.41 Å². The summed E-state index contributed by atoms with van der Waals surface area (Å²) in [5.41, 5.74) is 6.97. The predicted molar refractivity (Wildman–Crippen MR) is 77.7 cm³/mol. The van der Waals surface area contributed by atoms with Crippen molar-refractivity contribution < 1.29 is 9.47 Å². The SMILES string of the molecule is CCc1ccc(Oc2cccnc2C(=N)N)c(OC)c1. The van der Waals surface area contributed by atoms with Crippen molar-refractivity contribution >= 4 is 5.84 Å². The van der Waals surface area contributed by atoms with Crippen molar-refractivity contribution in [3.05, 3.63) is 47.8 Å². The first-order valence-electron chi connectivity index (χ1n) is 6.30. The molecule has 5 nitrogen and oxygen atoms in total. The zero-order valence-electron chi connectivity index (χ0n) is 11.5. The third kappa shape index (κ3) is 2.88. The fourth-order valence-corrected chi connectivity index (χ4v) is 1.81. The number of aryl methyl sites for hydroxylation is 1. The summed E-state index contributed by atoms with van der Waals surface area (Å²) in [6.07, 6.45) is 2.49. The monoisotopic (exact) mass is 271 g/mol. The lowest BCUT2D eigenvalue weighted by Gasteiger charge is -2.13. The standard InChI is InChI=1S/C15H17N3O2/c1-3-10-6-7-11(13(9-10)19-2)20-12-5-4-8-18-14(12)15(16)17/h4-9H,3H2,1-2H3,(H3,16,17). The van der Waals surface area contributed by atoms with Crippen molar-refractivity contribution in [3.63, 3.8) is 0 Å². The van der Waals surface area contributed by atoms with Crippen LogP contribution in [0.5, 0.6) is 17.2 Å². The Balaban J connectivity index is 2.37. The molecule has 0 aliphatic carbocycles. The number of hydrogen-bond acceptors (Lipinski definition) is 4. The van der Waals surface area contributed by atoms with Crippen molar-refractivity contribution in [2.45, 2.75) is 13.3 Å². The highest BCUT2D eigenvalue weighted by Gasteiger charge is 2.12. The van der Waals surface area contributed by atoms with E-state index in [-0.39, 0.29) is 5.84 Å². The highest BCUT2D eigenvalue weighted by molar-refractivity contribution is 5.95. The normalized spacial score (nSPS) is 10.1. The van der Waals surface area contributed by atoms with Gasteiger partial charge in [0.25, 0.3) is 0 Å². The Hall–Kier alpha value is -2.56. The number of nitrogens with zero attached hydrogens (tertiary/aromatic N) is 1. The van der Waals surface area contributed by atoms with Crippen LogP contribution in [0.3, 0.4) is 0 Å². The van der Waals surface area contributed by atoms with Gasteiger partial charge in [0.15, 0.2) is 17.2 Å². The Kier molecular flexibility index (Phi) is 4.20. The second-order valence-electron chi connectivity index (χ2n) is 4.20. The summed E-state index contributed by atoms with van der Waals surface area (Å²) in [6, 6.07) is 9.20. The van der Waals surface area contributed by atoms with Gasteiger partial charge in [-0.05, 0) is 36.2 Å². The maximum atomic E-state index is 7.51. The maximum Gasteiger partial charge on any atom is 0.169 e. The lowest BCUT2D eigenvalue weighted by atomic mass is 10.1. The van der Waals surface area contributed by atoms with E-state index in [4.69, 9.17) is 20.6 Å². The third-order valence-corrected chi connectivity index (χ3v) is 2.88. The number of nitrogens with one attached hydrogen (secondary N) is 1. The summed E-state index contributed by atoms with van der Waals surface area (Å²) in [5.74, 6) is 1.51. The summed E-state index contributed by atoms with van der Waals surface area (Å²) in [4.78, 5) is 4.05. The van der Waals surface area contributed by atoms with Gasteiger partial charge in [-0.15, -0.1) is 0 Å². The first-order chi connectivity index (χ1) is 9.65. The van der Waals surface area contributed by atoms with Gasteiger partial charge in [0.1, 0.15) is 11.5 Å². The Morgan fingerprint density at radius 1 is 1.25 bits per heavy atom. The number of pyridine rings is 1. The summed E-state index contributed by atoms with van der Waals surface area (Å²) in [5, 5.41) is 7.51. The summed E-state index contributed by atoms with van der Waals surface area (Å²) in [6.45, 7) is 2.07. The Bertz CT molecular complexity index is 626. The molecule has 0 saturated carbocycles. The molecule has 5 heteroatoms. The third-order valence-electron chi connectivity index (χ3n) is 2.88. The zero-order chi connectivity index (χ0) is 14.5. The van der Waals surface area contributed by atoms with E-state index in [0.717, 1.165) is 12.0 Å². The molecule has 1 aromatic carbocycles. The minimum Gasteiger partial charge on any atom is -0.493 e. The number of hydrogen-bond donors (Lipinski definition) is 2. The molecule has 0 unspecified atom stereocenters. The molecule has 2 aromatic rings.